The summed E-state index contributed by atoms with van der Waals surface area (Å²) in [6.07, 6.45) is 0.499. The molecule has 25 heavy (non-hydrogen) atoms. The van der Waals surface area contributed by atoms with Gasteiger partial charge in [0.2, 0.25) is 5.91 Å². The molecule has 0 bridgehead atoms. The number of nitrogens with zero attached hydrogens (tertiary/aromatic N) is 1. The first-order valence-electron chi connectivity index (χ1n) is 7.97. The molecule has 1 aliphatic heterocycles. The molecule has 0 atom stereocenters. The zero-order valence-electron chi connectivity index (χ0n) is 13.2. The van der Waals surface area contributed by atoms with Crippen LogP contribution in [0.2, 0.25) is 0 Å². The van der Waals surface area contributed by atoms with Crippen LogP contribution in [0.25, 0.3) is 0 Å². The van der Waals surface area contributed by atoms with Gasteiger partial charge < -0.3 is 5.73 Å². The highest BCUT2D eigenvalue weighted by atomic mass is 19.1. The van der Waals surface area contributed by atoms with E-state index in [1.165, 1.54) is 29.2 Å². The average molecular weight is 338 g/mol. The minimum absolute atomic E-state index is 0.249. The Hall–Kier alpha value is -3.02. The van der Waals surface area contributed by atoms with Crippen molar-refractivity contribution < 1.29 is 18.8 Å². The van der Waals surface area contributed by atoms with Gasteiger partial charge in [-0.25, -0.2) is 4.39 Å². The maximum absolute atomic E-state index is 13.2. The van der Waals surface area contributed by atoms with E-state index in [0.717, 1.165) is 0 Å². The Morgan fingerprint density at radius 1 is 1.00 bits per heavy atom. The quantitative estimate of drug-likeness (QED) is 0.869. The summed E-state index contributed by atoms with van der Waals surface area (Å²) < 4.78 is 13.2. The van der Waals surface area contributed by atoms with E-state index in [4.69, 9.17) is 5.73 Å². The summed E-state index contributed by atoms with van der Waals surface area (Å²) >= 11 is 0. The molecule has 2 aliphatic rings. The lowest BCUT2D eigenvalue weighted by atomic mass is 9.60. The zero-order valence-corrected chi connectivity index (χ0v) is 13.2. The average Bonchev–Trinajstić information content (AvgIpc) is 2.81. The summed E-state index contributed by atoms with van der Waals surface area (Å²) in [5, 5.41) is 0. The Bertz CT molecular complexity index is 866. The van der Waals surface area contributed by atoms with Crippen LogP contribution < -0.4 is 5.73 Å². The van der Waals surface area contributed by atoms with Crippen LogP contribution in [0.15, 0.2) is 48.5 Å². The van der Waals surface area contributed by atoms with Crippen molar-refractivity contribution in [1.29, 1.82) is 0 Å². The number of primary amides is 1. The standard InChI is InChI=1S/C19H15FN2O3/c20-12-7-5-11(6-8-12)19(18(21)25)9-13(10-19)22-16(23)14-3-1-2-4-15(14)17(22)24/h1-8,13H,9-10H2,(H2,21,25)/t13-,19-. The molecule has 126 valence electrons. The number of carbonyl (C=O) groups excluding carboxylic acids is 3. The molecule has 2 aromatic carbocycles. The molecule has 0 aromatic heterocycles. The molecule has 0 saturated heterocycles. The number of hydrogen-bond acceptors (Lipinski definition) is 3. The fraction of sp³-hybridized carbons (Fsp3) is 0.211. The van der Waals surface area contributed by atoms with E-state index >= 15 is 0 Å². The summed E-state index contributed by atoms with van der Waals surface area (Å²) in [5.41, 5.74) is 5.98. The lowest BCUT2D eigenvalue weighted by Crippen LogP contribution is -2.60. The first-order chi connectivity index (χ1) is 11.9. The van der Waals surface area contributed by atoms with Crippen LogP contribution in [0.5, 0.6) is 0 Å². The van der Waals surface area contributed by atoms with Crippen LogP contribution in [0.4, 0.5) is 4.39 Å². The minimum atomic E-state index is -0.978. The highest BCUT2D eigenvalue weighted by Gasteiger charge is 2.55. The monoisotopic (exact) mass is 338 g/mol. The number of carbonyl (C=O) groups is 3. The number of rotatable bonds is 3. The minimum Gasteiger partial charge on any atom is -0.369 e. The van der Waals surface area contributed by atoms with Crippen molar-refractivity contribution >= 4 is 17.7 Å². The van der Waals surface area contributed by atoms with Gasteiger partial charge in [-0.1, -0.05) is 24.3 Å². The highest BCUT2D eigenvalue weighted by Crippen LogP contribution is 2.47. The second-order valence-electron chi connectivity index (χ2n) is 6.54. The van der Waals surface area contributed by atoms with E-state index in [1.807, 2.05) is 0 Å². The summed E-state index contributed by atoms with van der Waals surface area (Å²) in [6.45, 7) is 0. The van der Waals surface area contributed by atoms with Crippen LogP contribution >= 0.6 is 0 Å². The van der Waals surface area contributed by atoms with Crippen LogP contribution in [0.1, 0.15) is 39.1 Å². The maximum Gasteiger partial charge on any atom is 0.261 e. The Morgan fingerprint density at radius 3 is 2.00 bits per heavy atom. The van der Waals surface area contributed by atoms with Crippen molar-refractivity contribution in [2.24, 2.45) is 5.73 Å². The predicted molar refractivity (Wildman–Crippen MR) is 87.2 cm³/mol. The molecular weight excluding hydrogens is 323 g/mol. The van der Waals surface area contributed by atoms with Crippen LogP contribution in [-0.2, 0) is 10.2 Å². The lowest BCUT2D eigenvalue weighted by molar-refractivity contribution is -0.128. The number of imide groups is 1. The first kappa shape index (κ1) is 15.5. The molecule has 0 unspecified atom stereocenters. The van der Waals surface area contributed by atoms with Crippen molar-refractivity contribution in [3.8, 4) is 0 Å². The van der Waals surface area contributed by atoms with Crippen LogP contribution in [0, 0.1) is 5.82 Å². The van der Waals surface area contributed by atoms with Crippen molar-refractivity contribution in [2.75, 3.05) is 0 Å². The fourth-order valence-corrected chi connectivity index (χ4v) is 3.81. The molecule has 3 amide bonds. The molecule has 1 saturated carbocycles. The Morgan fingerprint density at radius 2 is 1.52 bits per heavy atom. The van der Waals surface area contributed by atoms with E-state index in [9.17, 15) is 18.8 Å². The molecule has 4 rings (SSSR count). The predicted octanol–water partition coefficient (Wildman–Crippen LogP) is 2.01. The van der Waals surface area contributed by atoms with Crippen molar-refractivity contribution in [2.45, 2.75) is 24.3 Å². The van der Waals surface area contributed by atoms with Gasteiger partial charge in [0.1, 0.15) is 5.82 Å². The van der Waals surface area contributed by atoms with Gasteiger partial charge in [-0.3, -0.25) is 19.3 Å². The van der Waals surface area contributed by atoms with Crippen molar-refractivity contribution in [3.63, 3.8) is 0 Å². The van der Waals surface area contributed by atoms with Gasteiger partial charge in [0.15, 0.2) is 0 Å². The molecule has 0 spiro atoms. The molecule has 0 radical (unpaired) electrons. The van der Waals surface area contributed by atoms with Gasteiger partial charge in [-0.15, -0.1) is 0 Å². The molecule has 1 aliphatic carbocycles. The fourth-order valence-electron chi connectivity index (χ4n) is 3.81. The SMILES string of the molecule is NC(=O)[C@]1(c2ccc(F)cc2)C[C@@H](N2C(=O)c3ccccc3C2=O)C1. The van der Waals surface area contributed by atoms with Crippen molar-refractivity contribution in [1.82, 2.24) is 4.90 Å². The molecule has 2 N–H and O–H groups in total. The number of nitrogens with two attached hydrogens (primary N) is 1. The van der Waals surface area contributed by atoms with Crippen LogP contribution in [0.3, 0.4) is 0 Å². The number of halogens is 1. The van der Waals surface area contributed by atoms with E-state index < -0.39 is 23.2 Å². The molecule has 6 heteroatoms. The molecule has 1 heterocycles. The lowest BCUT2D eigenvalue weighted by Gasteiger charge is -2.48. The Kier molecular flexibility index (Phi) is 3.25. The first-order valence-corrected chi connectivity index (χ1v) is 7.97. The van der Waals surface area contributed by atoms with E-state index in [2.05, 4.69) is 0 Å². The van der Waals surface area contributed by atoms with Gasteiger partial charge >= 0.3 is 0 Å². The molecule has 2 aromatic rings. The summed E-state index contributed by atoms with van der Waals surface area (Å²) in [5.74, 6) is -1.63. The number of hydrogen-bond donors (Lipinski definition) is 1. The van der Waals surface area contributed by atoms with Crippen molar-refractivity contribution in [3.05, 3.63) is 71.0 Å². The largest absolute Gasteiger partial charge is 0.369 e. The smallest absolute Gasteiger partial charge is 0.261 e. The summed E-state index contributed by atoms with van der Waals surface area (Å²) in [4.78, 5) is 38.4. The van der Waals surface area contributed by atoms with Gasteiger partial charge in [0, 0.05) is 6.04 Å². The number of fused-ring (bicyclic) bond motifs is 1. The molecule has 1 fully saturated rings. The van der Waals surface area contributed by atoms with Gasteiger partial charge in [-0.05, 0) is 42.7 Å². The van der Waals surface area contributed by atoms with E-state index in [1.54, 1.807) is 24.3 Å². The second-order valence-corrected chi connectivity index (χ2v) is 6.54. The third-order valence-corrected chi connectivity index (χ3v) is 5.23. The maximum atomic E-state index is 13.2. The topological polar surface area (TPSA) is 80.5 Å². The molecular formula is C19H15FN2O3. The zero-order chi connectivity index (χ0) is 17.8. The number of amides is 3. The molecule has 5 nitrogen and oxygen atoms in total. The second kappa shape index (κ2) is 5.24. The normalized spacial score (nSPS) is 24.8. The van der Waals surface area contributed by atoms with E-state index in [-0.39, 0.29) is 24.7 Å². The third-order valence-electron chi connectivity index (χ3n) is 5.23. The highest BCUT2D eigenvalue weighted by molar-refractivity contribution is 6.21. The van der Waals surface area contributed by atoms with Gasteiger partial charge in [-0.2, -0.15) is 0 Å². The Balaban J connectivity index is 1.62. The number of benzene rings is 2. The van der Waals surface area contributed by atoms with Gasteiger partial charge in [0.25, 0.3) is 11.8 Å². The third kappa shape index (κ3) is 2.10. The van der Waals surface area contributed by atoms with Crippen LogP contribution in [-0.4, -0.2) is 28.7 Å². The Labute approximate surface area is 143 Å². The summed E-state index contributed by atoms with van der Waals surface area (Å²) in [6, 6.07) is 11.9. The van der Waals surface area contributed by atoms with E-state index in [0.29, 0.717) is 16.7 Å². The summed E-state index contributed by atoms with van der Waals surface area (Å²) in [7, 11) is 0. The van der Waals surface area contributed by atoms with Gasteiger partial charge in [0.05, 0.1) is 16.5 Å².